The molecular formula is C10H11ClN6O2. The Balaban J connectivity index is 2.06. The number of hydrogen-bond donors (Lipinski definition) is 2. The minimum atomic E-state index is -0.484. The molecule has 8 nitrogen and oxygen atoms in total. The van der Waals surface area contributed by atoms with Gasteiger partial charge in [0.1, 0.15) is 5.82 Å². The first-order valence-electron chi connectivity index (χ1n) is 5.37. The van der Waals surface area contributed by atoms with E-state index in [0.29, 0.717) is 11.5 Å². The summed E-state index contributed by atoms with van der Waals surface area (Å²) in [4.78, 5) is 33.3. The van der Waals surface area contributed by atoms with Gasteiger partial charge in [-0.05, 0) is 18.5 Å². The molecule has 0 saturated carbocycles. The first kappa shape index (κ1) is 13.2. The average Bonchev–Trinajstić information content (AvgIpc) is 2.65. The quantitative estimate of drug-likeness (QED) is 0.810. The van der Waals surface area contributed by atoms with Crippen molar-refractivity contribution in [3.63, 3.8) is 0 Å². The summed E-state index contributed by atoms with van der Waals surface area (Å²) in [6.07, 6.45) is 0. The van der Waals surface area contributed by atoms with Gasteiger partial charge in [0.2, 0.25) is 11.1 Å². The summed E-state index contributed by atoms with van der Waals surface area (Å²) in [5.74, 6) is -0.0351. The fourth-order valence-electron chi connectivity index (χ4n) is 1.44. The Kier molecular flexibility index (Phi) is 3.61. The summed E-state index contributed by atoms with van der Waals surface area (Å²) < 4.78 is 1.28. The molecule has 100 valence electrons. The van der Waals surface area contributed by atoms with Crippen LogP contribution in [0.4, 0.5) is 0 Å². The van der Waals surface area contributed by atoms with E-state index in [9.17, 15) is 9.59 Å². The predicted molar refractivity (Wildman–Crippen MR) is 66.8 cm³/mol. The maximum atomic E-state index is 11.7. The third kappa shape index (κ3) is 3.16. The molecule has 2 heterocycles. The van der Waals surface area contributed by atoms with Crippen LogP contribution in [0.1, 0.15) is 22.1 Å². The van der Waals surface area contributed by atoms with Crippen molar-refractivity contribution >= 4 is 17.5 Å². The highest BCUT2D eigenvalue weighted by atomic mass is 35.5. The lowest BCUT2D eigenvalue weighted by atomic mass is 10.4. The van der Waals surface area contributed by atoms with Crippen molar-refractivity contribution in [2.45, 2.75) is 13.5 Å². The molecule has 0 atom stereocenters. The Hall–Kier alpha value is -2.22. The van der Waals surface area contributed by atoms with E-state index in [0.717, 1.165) is 0 Å². The van der Waals surface area contributed by atoms with Crippen LogP contribution in [0, 0.1) is 6.92 Å². The molecule has 1 amide bonds. The van der Waals surface area contributed by atoms with Gasteiger partial charge in [-0.2, -0.15) is 4.98 Å². The highest BCUT2D eigenvalue weighted by Gasteiger charge is 2.13. The van der Waals surface area contributed by atoms with E-state index < -0.39 is 5.91 Å². The number of aryl methyl sites for hydroxylation is 2. The van der Waals surface area contributed by atoms with E-state index in [2.05, 4.69) is 25.4 Å². The molecule has 0 aromatic carbocycles. The number of rotatable bonds is 3. The van der Waals surface area contributed by atoms with E-state index in [4.69, 9.17) is 11.6 Å². The van der Waals surface area contributed by atoms with Crippen molar-refractivity contribution in [3.8, 4) is 0 Å². The van der Waals surface area contributed by atoms with Crippen LogP contribution in [0.5, 0.6) is 0 Å². The highest BCUT2D eigenvalue weighted by Crippen LogP contribution is 2.03. The molecule has 0 aliphatic heterocycles. The monoisotopic (exact) mass is 282 g/mol. The fraction of sp³-hybridized carbons (Fsp3) is 0.300. The number of carbonyl (C=O) groups excluding carboxylic acids is 1. The normalized spacial score (nSPS) is 10.5. The average molecular weight is 283 g/mol. The highest BCUT2D eigenvalue weighted by molar-refractivity contribution is 6.28. The van der Waals surface area contributed by atoms with E-state index in [1.54, 1.807) is 14.0 Å². The minimum Gasteiger partial charge on any atom is -0.344 e. The number of halogens is 1. The first-order chi connectivity index (χ1) is 8.95. The molecule has 9 heteroatoms. The van der Waals surface area contributed by atoms with Crippen LogP contribution in [0.3, 0.4) is 0 Å². The number of H-pyrrole nitrogens is 1. The number of hydrogen-bond acceptors (Lipinski definition) is 5. The van der Waals surface area contributed by atoms with Crippen LogP contribution < -0.4 is 10.9 Å². The zero-order chi connectivity index (χ0) is 14.0. The topological polar surface area (TPSA) is 106 Å². The third-order valence-electron chi connectivity index (χ3n) is 2.26. The number of aromatic amines is 1. The first-order valence-corrected chi connectivity index (χ1v) is 5.75. The van der Waals surface area contributed by atoms with Crippen LogP contribution in [-0.4, -0.2) is 30.6 Å². The lowest BCUT2D eigenvalue weighted by molar-refractivity contribution is 0.0939. The largest absolute Gasteiger partial charge is 0.344 e. The molecule has 0 radical (unpaired) electrons. The fourth-order valence-corrected chi connectivity index (χ4v) is 1.56. The second-order valence-electron chi connectivity index (χ2n) is 3.83. The summed E-state index contributed by atoms with van der Waals surface area (Å²) >= 11 is 5.68. The second-order valence-corrected chi connectivity index (χ2v) is 4.17. The number of nitrogens with one attached hydrogen (secondary N) is 2. The number of aromatic nitrogens is 5. The van der Waals surface area contributed by atoms with Crippen molar-refractivity contribution in [2.24, 2.45) is 7.05 Å². The summed E-state index contributed by atoms with van der Waals surface area (Å²) in [5, 5.41) is 6.51. The standard InChI is InChI=1S/C10H11ClN6O2/c1-5-13-6(3-7(18)14-5)4-12-9(19)8-15-10(11)17(2)16-8/h3H,4H2,1-2H3,(H,12,19)(H,13,14,18). The Labute approximate surface area is 112 Å². The second kappa shape index (κ2) is 5.19. The van der Waals surface area contributed by atoms with Gasteiger partial charge in [-0.1, -0.05) is 0 Å². The summed E-state index contributed by atoms with van der Waals surface area (Å²) in [7, 11) is 1.58. The molecule has 0 saturated heterocycles. The van der Waals surface area contributed by atoms with Crippen LogP contribution in [-0.2, 0) is 13.6 Å². The molecule has 0 spiro atoms. The van der Waals surface area contributed by atoms with Crippen LogP contribution in [0.15, 0.2) is 10.9 Å². The van der Waals surface area contributed by atoms with Crippen molar-refractivity contribution < 1.29 is 4.79 Å². The maximum absolute atomic E-state index is 11.7. The third-order valence-corrected chi connectivity index (χ3v) is 2.59. The summed E-state index contributed by atoms with van der Waals surface area (Å²) in [5.41, 5.74) is 0.187. The number of amides is 1. The van der Waals surface area contributed by atoms with E-state index in [-0.39, 0.29) is 23.2 Å². The van der Waals surface area contributed by atoms with Gasteiger partial charge in [0, 0.05) is 13.1 Å². The number of carbonyl (C=O) groups is 1. The van der Waals surface area contributed by atoms with Crippen LogP contribution in [0.2, 0.25) is 5.28 Å². The Bertz CT molecular complexity index is 657. The van der Waals surface area contributed by atoms with Gasteiger partial charge in [-0.25, -0.2) is 9.67 Å². The molecule has 2 N–H and O–H groups in total. The molecule has 19 heavy (non-hydrogen) atoms. The van der Waals surface area contributed by atoms with Gasteiger partial charge < -0.3 is 10.3 Å². The van der Waals surface area contributed by atoms with Gasteiger partial charge in [-0.3, -0.25) is 9.59 Å². The van der Waals surface area contributed by atoms with Crippen LogP contribution in [0.25, 0.3) is 0 Å². The predicted octanol–water partition coefficient (Wildman–Crippen LogP) is -0.210. The lowest BCUT2D eigenvalue weighted by Gasteiger charge is -2.02. The van der Waals surface area contributed by atoms with Crippen LogP contribution >= 0.6 is 11.6 Å². The molecule has 2 aromatic rings. The Morgan fingerprint density at radius 3 is 2.84 bits per heavy atom. The molecule has 0 aliphatic carbocycles. The van der Waals surface area contributed by atoms with E-state index in [1.807, 2.05) is 0 Å². The zero-order valence-electron chi connectivity index (χ0n) is 10.3. The van der Waals surface area contributed by atoms with E-state index >= 15 is 0 Å². The summed E-state index contributed by atoms with van der Waals surface area (Å²) in [6.45, 7) is 1.77. The van der Waals surface area contributed by atoms with Gasteiger partial charge in [-0.15, -0.1) is 5.10 Å². The molecular weight excluding hydrogens is 272 g/mol. The maximum Gasteiger partial charge on any atom is 0.291 e. The Morgan fingerprint density at radius 2 is 2.26 bits per heavy atom. The van der Waals surface area contributed by atoms with E-state index in [1.165, 1.54) is 10.7 Å². The van der Waals surface area contributed by atoms with Crippen molar-refractivity contribution in [1.82, 2.24) is 30.0 Å². The molecule has 2 aromatic heterocycles. The summed E-state index contributed by atoms with van der Waals surface area (Å²) in [6, 6.07) is 1.31. The molecule has 0 aliphatic rings. The molecule has 0 unspecified atom stereocenters. The van der Waals surface area contributed by atoms with Gasteiger partial charge in [0.15, 0.2) is 0 Å². The SMILES string of the molecule is Cc1nc(CNC(=O)c2nc(Cl)n(C)n2)cc(=O)[nH]1. The van der Waals surface area contributed by atoms with Crippen molar-refractivity contribution in [2.75, 3.05) is 0 Å². The van der Waals surface area contributed by atoms with Crippen molar-refractivity contribution in [3.05, 3.63) is 39.0 Å². The Morgan fingerprint density at radius 1 is 1.53 bits per heavy atom. The number of nitrogens with zero attached hydrogens (tertiary/aromatic N) is 4. The molecule has 2 rings (SSSR count). The molecule has 0 bridgehead atoms. The molecule has 0 fully saturated rings. The van der Waals surface area contributed by atoms with Gasteiger partial charge >= 0.3 is 0 Å². The minimum absolute atomic E-state index is 0.0333. The van der Waals surface area contributed by atoms with Crippen molar-refractivity contribution in [1.29, 1.82) is 0 Å². The zero-order valence-corrected chi connectivity index (χ0v) is 11.0. The van der Waals surface area contributed by atoms with Gasteiger partial charge in [0.25, 0.3) is 11.5 Å². The van der Waals surface area contributed by atoms with Gasteiger partial charge in [0.05, 0.1) is 12.2 Å². The lowest BCUT2D eigenvalue weighted by Crippen LogP contribution is -2.26. The smallest absolute Gasteiger partial charge is 0.291 e.